The molecule has 2 aromatic rings. The second kappa shape index (κ2) is 10.1. The quantitative estimate of drug-likeness (QED) is 0.476. The van der Waals surface area contributed by atoms with Crippen molar-refractivity contribution in [3.05, 3.63) is 47.2 Å². The number of anilines is 1. The number of carbonyl (C=O) groups excluding carboxylic acids is 2. The number of amides is 2. The minimum Gasteiger partial charge on any atom is -0.394 e. The van der Waals surface area contributed by atoms with Gasteiger partial charge >= 0.3 is 0 Å². The van der Waals surface area contributed by atoms with Crippen molar-refractivity contribution in [2.75, 3.05) is 25.1 Å². The third-order valence-electron chi connectivity index (χ3n) is 6.26. The summed E-state index contributed by atoms with van der Waals surface area (Å²) in [4.78, 5) is 30.5. The topological polar surface area (TPSA) is 113 Å². The average molecular weight is 467 g/mol. The molecule has 0 unspecified atom stereocenters. The highest BCUT2D eigenvalue weighted by molar-refractivity contribution is 6.01. The zero-order chi connectivity index (χ0) is 24.3. The molecule has 2 heterocycles. The third-order valence-corrected chi connectivity index (χ3v) is 6.26. The molecule has 2 amide bonds. The Kier molecular flexibility index (Phi) is 7.19. The van der Waals surface area contributed by atoms with Crippen LogP contribution in [0.1, 0.15) is 65.8 Å². The highest BCUT2D eigenvalue weighted by Crippen LogP contribution is 2.29. The molecule has 2 fully saturated rings. The van der Waals surface area contributed by atoms with Gasteiger partial charge in [0.25, 0.3) is 11.8 Å². The minimum absolute atomic E-state index is 0.0415. The maximum absolute atomic E-state index is 13.3. The Bertz CT molecular complexity index is 1060. The summed E-state index contributed by atoms with van der Waals surface area (Å²) in [6, 6.07) is 7.72. The molecule has 0 bridgehead atoms. The number of aromatic nitrogens is 1. The van der Waals surface area contributed by atoms with Gasteiger partial charge in [0.1, 0.15) is 5.82 Å². The summed E-state index contributed by atoms with van der Waals surface area (Å²) in [7, 11) is 0. The number of nitrogens with zero attached hydrogens (tertiary/aromatic N) is 1. The van der Waals surface area contributed by atoms with E-state index >= 15 is 0 Å². The van der Waals surface area contributed by atoms with Crippen LogP contribution < -0.4 is 16.0 Å². The molecule has 1 aromatic heterocycles. The van der Waals surface area contributed by atoms with Crippen molar-refractivity contribution in [1.29, 1.82) is 0 Å². The number of hydrogen-bond donors (Lipinski definition) is 4. The maximum atomic E-state index is 13.3. The van der Waals surface area contributed by atoms with Crippen LogP contribution in [0.15, 0.2) is 30.5 Å². The van der Waals surface area contributed by atoms with E-state index in [1.807, 2.05) is 45.0 Å². The summed E-state index contributed by atoms with van der Waals surface area (Å²) in [5, 5.41) is 19.0. The molecule has 1 aliphatic carbocycles. The molecule has 0 spiro atoms. The number of hydrogen-bond acceptors (Lipinski definition) is 6. The predicted octanol–water partition coefficient (Wildman–Crippen LogP) is 3.04. The predicted molar refractivity (Wildman–Crippen MR) is 131 cm³/mol. The number of carbonyl (C=O) groups is 2. The summed E-state index contributed by atoms with van der Waals surface area (Å²) in [5.74, 6) is 0.0996. The van der Waals surface area contributed by atoms with Crippen LogP contribution >= 0.6 is 0 Å². The van der Waals surface area contributed by atoms with Gasteiger partial charge in [-0.3, -0.25) is 9.59 Å². The van der Waals surface area contributed by atoms with E-state index in [2.05, 4.69) is 20.9 Å². The lowest BCUT2D eigenvalue weighted by atomic mass is 9.97. The Labute approximate surface area is 200 Å². The standard InChI is InChI=1S/C26H34N4O4/c1-16-4-5-17(24(32)28-19-6-7-19)12-21(16)18-13-22(23(27-14-18)30-26(2,3)15-31)25(33)29-20-8-10-34-11-9-20/h4-5,12-14,19-20,31H,6-11,15H2,1-3H3,(H,27,30)(H,28,32)(H,29,33). The highest BCUT2D eigenvalue weighted by Gasteiger charge is 2.26. The van der Waals surface area contributed by atoms with E-state index in [0.717, 1.165) is 42.4 Å². The zero-order valence-corrected chi connectivity index (χ0v) is 20.1. The van der Waals surface area contributed by atoms with Gasteiger partial charge in [-0.25, -0.2) is 4.98 Å². The van der Waals surface area contributed by atoms with Gasteiger partial charge in [0.2, 0.25) is 0 Å². The second-order valence-corrected chi connectivity index (χ2v) is 9.92. The number of aliphatic hydroxyl groups is 1. The molecule has 1 aliphatic heterocycles. The molecule has 2 aliphatic rings. The second-order valence-electron chi connectivity index (χ2n) is 9.92. The summed E-state index contributed by atoms with van der Waals surface area (Å²) >= 11 is 0. The van der Waals surface area contributed by atoms with Crippen LogP contribution in [0.4, 0.5) is 5.82 Å². The number of benzene rings is 1. The van der Waals surface area contributed by atoms with Crippen molar-refractivity contribution in [3.63, 3.8) is 0 Å². The lowest BCUT2D eigenvalue weighted by Gasteiger charge is -2.27. The van der Waals surface area contributed by atoms with Gasteiger partial charge < -0.3 is 25.8 Å². The lowest BCUT2D eigenvalue weighted by Crippen LogP contribution is -2.40. The van der Waals surface area contributed by atoms with Gasteiger partial charge in [-0.2, -0.15) is 0 Å². The number of aryl methyl sites for hydroxylation is 1. The molecule has 1 aromatic carbocycles. The third kappa shape index (κ3) is 5.93. The molecular weight excluding hydrogens is 432 g/mol. The highest BCUT2D eigenvalue weighted by atomic mass is 16.5. The van der Waals surface area contributed by atoms with Crippen LogP contribution in [0.2, 0.25) is 0 Å². The normalized spacial score (nSPS) is 16.7. The first-order chi connectivity index (χ1) is 16.3. The van der Waals surface area contributed by atoms with E-state index in [1.54, 1.807) is 6.20 Å². The van der Waals surface area contributed by atoms with Gasteiger partial charge in [0, 0.05) is 42.6 Å². The molecular formula is C26H34N4O4. The Balaban J connectivity index is 1.67. The van der Waals surface area contributed by atoms with E-state index in [4.69, 9.17) is 4.74 Å². The van der Waals surface area contributed by atoms with Crippen molar-refractivity contribution < 1.29 is 19.4 Å². The van der Waals surface area contributed by atoms with Crippen molar-refractivity contribution in [2.45, 2.75) is 64.1 Å². The number of rotatable bonds is 8. The summed E-state index contributed by atoms with van der Waals surface area (Å²) in [6.45, 7) is 6.79. The largest absolute Gasteiger partial charge is 0.394 e. The molecule has 34 heavy (non-hydrogen) atoms. The molecule has 182 valence electrons. The fourth-order valence-electron chi connectivity index (χ4n) is 3.92. The minimum atomic E-state index is -0.654. The summed E-state index contributed by atoms with van der Waals surface area (Å²) in [6.07, 6.45) is 5.28. The number of nitrogens with one attached hydrogen (secondary N) is 3. The molecule has 4 N–H and O–H groups in total. The number of pyridine rings is 1. The van der Waals surface area contributed by atoms with Crippen molar-refractivity contribution in [1.82, 2.24) is 15.6 Å². The zero-order valence-electron chi connectivity index (χ0n) is 20.1. The molecule has 8 heteroatoms. The maximum Gasteiger partial charge on any atom is 0.255 e. The molecule has 0 radical (unpaired) electrons. The fraction of sp³-hybridized carbons (Fsp3) is 0.500. The first-order valence-corrected chi connectivity index (χ1v) is 12.0. The molecule has 1 saturated heterocycles. The monoisotopic (exact) mass is 466 g/mol. The van der Waals surface area contributed by atoms with Gasteiger partial charge in [-0.15, -0.1) is 0 Å². The van der Waals surface area contributed by atoms with E-state index in [0.29, 0.717) is 30.2 Å². The lowest BCUT2D eigenvalue weighted by molar-refractivity contribution is 0.0696. The molecule has 8 nitrogen and oxygen atoms in total. The molecule has 4 rings (SSSR count). The van der Waals surface area contributed by atoms with Crippen molar-refractivity contribution in [2.24, 2.45) is 0 Å². The van der Waals surface area contributed by atoms with Crippen molar-refractivity contribution in [3.8, 4) is 11.1 Å². The Morgan fingerprint density at radius 2 is 1.74 bits per heavy atom. The van der Waals surface area contributed by atoms with Gasteiger partial charge in [0.15, 0.2) is 0 Å². The van der Waals surface area contributed by atoms with Crippen molar-refractivity contribution >= 4 is 17.6 Å². The van der Waals surface area contributed by atoms with Crippen LogP contribution in [-0.4, -0.2) is 59.3 Å². The van der Waals surface area contributed by atoms with E-state index < -0.39 is 5.54 Å². The van der Waals surface area contributed by atoms with Crippen LogP contribution in [-0.2, 0) is 4.74 Å². The Morgan fingerprint density at radius 3 is 2.41 bits per heavy atom. The summed E-state index contributed by atoms with van der Waals surface area (Å²) in [5.41, 5.74) is 2.92. The van der Waals surface area contributed by atoms with E-state index in [-0.39, 0.29) is 30.5 Å². The van der Waals surface area contributed by atoms with Gasteiger partial charge in [-0.1, -0.05) is 6.07 Å². The van der Waals surface area contributed by atoms with Gasteiger partial charge in [0.05, 0.1) is 17.7 Å². The van der Waals surface area contributed by atoms with E-state index in [1.165, 1.54) is 0 Å². The summed E-state index contributed by atoms with van der Waals surface area (Å²) < 4.78 is 5.40. The number of ether oxygens (including phenoxy) is 1. The van der Waals surface area contributed by atoms with E-state index in [9.17, 15) is 14.7 Å². The van der Waals surface area contributed by atoms with Crippen LogP contribution in [0, 0.1) is 6.92 Å². The Hall–Kier alpha value is -2.97. The molecule has 1 saturated carbocycles. The smallest absolute Gasteiger partial charge is 0.255 e. The SMILES string of the molecule is Cc1ccc(C(=O)NC2CC2)cc1-c1cnc(NC(C)(C)CO)c(C(=O)NC2CCOCC2)c1. The van der Waals surface area contributed by atoms with Gasteiger partial charge in [-0.05, 0) is 75.8 Å². The van der Waals surface area contributed by atoms with Crippen LogP contribution in [0.3, 0.4) is 0 Å². The van der Waals surface area contributed by atoms with Crippen LogP contribution in [0.5, 0.6) is 0 Å². The average Bonchev–Trinajstić information content (AvgIpc) is 3.64. The Morgan fingerprint density at radius 1 is 1.06 bits per heavy atom. The first kappa shape index (κ1) is 24.2. The van der Waals surface area contributed by atoms with Crippen LogP contribution in [0.25, 0.3) is 11.1 Å². The fourth-order valence-corrected chi connectivity index (χ4v) is 3.92. The number of aliphatic hydroxyl groups excluding tert-OH is 1. The molecule has 0 atom stereocenters. The first-order valence-electron chi connectivity index (χ1n) is 12.0.